The minimum absolute atomic E-state index is 0.0532. The van der Waals surface area contributed by atoms with Crippen LogP contribution in [0.3, 0.4) is 0 Å². The lowest BCUT2D eigenvalue weighted by Gasteiger charge is -2.16. The van der Waals surface area contributed by atoms with Crippen LogP contribution in [0.2, 0.25) is 0 Å². The second-order valence-corrected chi connectivity index (χ2v) is 6.42. The van der Waals surface area contributed by atoms with E-state index in [0.717, 1.165) is 43.3 Å². The molecule has 2 amide bonds. The Hall–Kier alpha value is -1.57. The van der Waals surface area contributed by atoms with E-state index >= 15 is 0 Å². The van der Waals surface area contributed by atoms with Crippen molar-refractivity contribution in [3.63, 3.8) is 0 Å². The van der Waals surface area contributed by atoms with Gasteiger partial charge in [-0.2, -0.15) is 0 Å². The van der Waals surface area contributed by atoms with Gasteiger partial charge in [0.05, 0.1) is 6.04 Å². The number of rotatable bonds is 5. The lowest BCUT2D eigenvalue weighted by atomic mass is 10.3. The van der Waals surface area contributed by atoms with Gasteiger partial charge in [0.15, 0.2) is 5.82 Å². The first-order valence-corrected chi connectivity index (χ1v) is 8.27. The molecule has 0 bridgehead atoms. The van der Waals surface area contributed by atoms with Gasteiger partial charge in [-0.1, -0.05) is 11.8 Å². The van der Waals surface area contributed by atoms with Crippen LogP contribution in [0.15, 0.2) is 0 Å². The summed E-state index contributed by atoms with van der Waals surface area (Å²) in [7, 11) is 0. The molecule has 114 valence electrons. The zero-order valence-electron chi connectivity index (χ0n) is 12.0. The molecule has 0 aliphatic carbocycles. The van der Waals surface area contributed by atoms with E-state index in [0.29, 0.717) is 13.0 Å². The molecule has 0 radical (unpaired) electrons. The van der Waals surface area contributed by atoms with Crippen molar-refractivity contribution in [2.24, 2.45) is 0 Å². The van der Waals surface area contributed by atoms with Crippen molar-refractivity contribution in [3.8, 4) is 0 Å². The van der Waals surface area contributed by atoms with Crippen molar-refractivity contribution < 1.29 is 9.59 Å². The Morgan fingerprint density at radius 1 is 1.43 bits per heavy atom. The maximum absolute atomic E-state index is 12.0. The van der Waals surface area contributed by atoms with E-state index in [2.05, 4.69) is 20.1 Å². The Labute approximate surface area is 127 Å². The second kappa shape index (κ2) is 6.05. The molecule has 0 saturated carbocycles. The average molecular weight is 309 g/mol. The van der Waals surface area contributed by atoms with Crippen LogP contribution in [0, 0.1) is 0 Å². The largest absolute Gasteiger partial charge is 0.346 e. The number of hydrogen-bond acceptors (Lipinski definition) is 5. The van der Waals surface area contributed by atoms with Crippen molar-refractivity contribution in [2.45, 2.75) is 38.8 Å². The third kappa shape index (κ3) is 3.04. The molecule has 0 aromatic carbocycles. The highest BCUT2D eigenvalue weighted by Crippen LogP contribution is 2.19. The van der Waals surface area contributed by atoms with E-state index in [-0.39, 0.29) is 17.2 Å². The topological polar surface area (TPSA) is 80.1 Å². The van der Waals surface area contributed by atoms with Gasteiger partial charge in [0.25, 0.3) is 5.24 Å². The summed E-state index contributed by atoms with van der Waals surface area (Å²) in [6.45, 7) is 4.08. The molecule has 8 heteroatoms. The minimum Gasteiger partial charge on any atom is -0.346 e. The summed E-state index contributed by atoms with van der Waals surface area (Å²) in [6, 6.07) is -0.152. The molecule has 1 atom stereocenters. The second-order valence-electron chi connectivity index (χ2n) is 5.37. The maximum Gasteiger partial charge on any atom is 0.281 e. The number of aromatic nitrogens is 3. The molecule has 1 N–H and O–H groups in total. The van der Waals surface area contributed by atoms with Crippen LogP contribution in [0.25, 0.3) is 0 Å². The van der Waals surface area contributed by atoms with Gasteiger partial charge >= 0.3 is 0 Å². The molecule has 1 aromatic heterocycles. The monoisotopic (exact) mass is 309 g/mol. The number of hydrogen-bond donors (Lipinski definition) is 1. The number of aryl methyl sites for hydroxylation is 1. The zero-order valence-corrected chi connectivity index (χ0v) is 12.9. The van der Waals surface area contributed by atoms with Crippen molar-refractivity contribution in [1.82, 2.24) is 25.0 Å². The number of carbonyl (C=O) groups is 2. The lowest BCUT2D eigenvalue weighted by molar-refractivity contribution is -0.121. The Kier molecular flexibility index (Phi) is 4.14. The van der Waals surface area contributed by atoms with Crippen LogP contribution in [-0.4, -0.2) is 49.7 Å². The molecule has 3 rings (SSSR count). The van der Waals surface area contributed by atoms with Crippen molar-refractivity contribution in [2.75, 3.05) is 18.8 Å². The van der Waals surface area contributed by atoms with Gasteiger partial charge in [-0.25, -0.2) is 0 Å². The third-order valence-electron chi connectivity index (χ3n) is 3.86. The standard InChI is InChI=1S/C13H19N5O2S/c1-9(12-16-15-10-3-2-5-18(10)12)14-11(19)4-6-17-7-8-21-13(17)20/h9H,2-8H2,1H3,(H,14,19). The SMILES string of the molecule is CC(NC(=O)CCN1CCSC1=O)c1nnc2n1CCC2. The summed E-state index contributed by atoms with van der Waals surface area (Å²) >= 11 is 1.32. The Morgan fingerprint density at radius 2 is 2.29 bits per heavy atom. The van der Waals surface area contributed by atoms with E-state index in [1.807, 2.05) is 6.92 Å². The number of nitrogens with zero attached hydrogens (tertiary/aromatic N) is 4. The molecule has 2 aliphatic rings. The Morgan fingerprint density at radius 3 is 3.05 bits per heavy atom. The molecule has 3 heterocycles. The smallest absolute Gasteiger partial charge is 0.281 e. The fourth-order valence-corrected chi connectivity index (χ4v) is 3.59. The molecular weight excluding hydrogens is 290 g/mol. The van der Waals surface area contributed by atoms with Gasteiger partial charge in [0, 0.05) is 38.2 Å². The summed E-state index contributed by atoms with van der Waals surface area (Å²) < 4.78 is 2.09. The van der Waals surface area contributed by atoms with Crippen LogP contribution in [0.4, 0.5) is 4.79 Å². The van der Waals surface area contributed by atoms with Crippen LogP contribution < -0.4 is 5.32 Å². The number of thioether (sulfide) groups is 1. The van der Waals surface area contributed by atoms with E-state index in [4.69, 9.17) is 0 Å². The minimum atomic E-state index is -0.152. The van der Waals surface area contributed by atoms with Crippen molar-refractivity contribution in [1.29, 1.82) is 0 Å². The van der Waals surface area contributed by atoms with E-state index < -0.39 is 0 Å². The Balaban J connectivity index is 1.51. The number of amides is 2. The highest BCUT2D eigenvalue weighted by Gasteiger charge is 2.24. The molecular formula is C13H19N5O2S. The maximum atomic E-state index is 12.0. The summed E-state index contributed by atoms with van der Waals surface area (Å²) in [6.07, 6.45) is 2.38. The van der Waals surface area contributed by atoms with Crippen LogP contribution in [-0.2, 0) is 17.8 Å². The quantitative estimate of drug-likeness (QED) is 0.876. The van der Waals surface area contributed by atoms with Gasteiger partial charge in [0.2, 0.25) is 5.91 Å². The van der Waals surface area contributed by atoms with Gasteiger partial charge in [0.1, 0.15) is 5.82 Å². The summed E-state index contributed by atoms with van der Waals surface area (Å²) in [5.74, 6) is 2.60. The molecule has 7 nitrogen and oxygen atoms in total. The average Bonchev–Trinajstić information content (AvgIpc) is 3.12. The summed E-state index contributed by atoms with van der Waals surface area (Å²) in [5.41, 5.74) is 0. The van der Waals surface area contributed by atoms with Crippen LogP contribution in [0.5, 0.6) is 0 Å². The lowest BCUT2D eigenvalue weighted by Crippen LogP contribution is -2.33. The van der Waals surface area contributed by atoms with Crippen LogP contribution in [0.1, 0.15) is 37.5 Å². The molecule has 1 unspecified atom stereocenters. The number of carbonyl (C=O) groups excluding carboxylic acids is 2. The van der Waals surface area contributed by atoms with Crippen molar-refractivity contribution >= 4 is 22.9 Å². The third-order valence-corrected chi connectivity index (χ3v) is 4.75. The molecule has 2 aliphatic heterocycles. The fraction of sp³-hybridized carbons (Fsp3) is 0.692. The molecule has 1 fully saturated rings. The van der Waals surface area contributed by atoms with E-state index in [1.165, 1.54) is 11.8 Å². The first kappa shape index (κ1) is 14.4. The zero-order chi connectivity index (χ0) is 14.8. The molecule has 1 aromatic rings. The van der Waals surface area contributed by atoms with Crippen LogP contribution >= 0.6 is 11.8 Å². The summed E-state index contributed by atoms with van der Waals surface area (Å²) in [5, 5.41) is 11.3. The Bertz CT molecular complexity index is 559. The predicted molar refractivity (Wildman–Crippen MR) is 78.9 cm³/mol. The highest BCUT2D eigenvalue weighted by atomic mass is 32.2. The number of nitrogens with one attached hydrogen (secondary N) is 1. The van der Waals surface area contributed by atoms with Gasteiger partial charge in [-0.05, 0) is 13.3 Å². The van der Waals surface area contributed by atoms with E-state index in [1.54, 1.807) is 4.90 Å². The predicted octanol–water partition coefficient (Wildman–Crippen LogP) is 0.960. The normalized spacial score (nSPS) is 18.9. The first-order chi connectivity index (χ1) is 10.1. The highest BCUT2D eigenvalue weighted by molar-refractivity contribution is 8.13. The summed E-state index contributed by atoms with van der Waals surface area (Å²) in [4.78, 5) is 25.2. The molecule has 0 spiro atoms. The van der Waals surface area contributed by atoms with Gasteiger partial charge in [-0.15, -0.1) is 10.2 Å². The van der Waals surface area contributed by atoms with E-state index in [9.17, 15) is 9.59 Å². The van der Waals surface area contributed by atoms with Gasteiger partial charge in [-0.3, -0.25) is 9.59 Å². The first-order valence-electron chi connectivity index (χ1n) is 7.28. The fourth-order valence-electron chi connectivity index (χ4n) is 2.74. The number of fused-ring (bicyclic) bond motifs is 1. The molecule has 1 saturated heterocycles. The van der Waals surface area contributed by atoms with Crippen molar-refractivity contribution in [3.05, 3.63) is 11.6 Å². The van der Waals surface area contributed by atoms with Gasteiger partial charge < -0.3 is 14.8 Å². The molecule has 21 heavy (non-hydrogen) atoms.